The number of carbonyl (C=O) groups excluding carboxylic acids is 2. The molecule has 0 spiro atoms. The van der Waals surface area contributed by atoms with Gasteiger partial charge < -0.3 is 29.7 Å². The lowest BCUT2D eigenvalue weighted by molar-refractivity contribution is 0.0619. The van der Waals surface area contributed by atoms with Gasteiger partial charge in [-0.05, 0) is 47.3 Å². The van der Waals surface area contributed by atoms with Gasteiger partial charge in [0.2, 0.25) is 0 Å². The van der Waals surface area contributed by atoms with Crippen LogP contribution in [0.5, 0.6) is 5.75 Å². The normalized spacial score (nSPS) is 14.0. The van der Waals surface area contributed by atoms with Crippen LogP contribution in [0.2, 0.25) is 0 Å². The van der Waals surface area contributed by atoms with E-state index < -0.39 is 0 Å². The lowest BCUT2D eigenvalue weighted by Crippen LogP contribution is -2.48. The summed E-state index contributed by atoms with van der Waals surface area (Å²) in [4.78, 5) is 34.5. The first kappa shape index (κ1) is 30.3. The van der Waals surface area contributed by atoms with Gasteiger partial charge in [-0.25, -0.2) is 4.98 Å². The Labute approximate surface area is 275 Å². The van der Waals surface area contributed by atoms with E-state index in [4.69, 9.17) is 14.9 Å². The second-order valence-corrected chi connectivity index (χ2v) is 12.3. The molecule has 0 radical (unpaired) electrons. The number of piperazine rings is 1. The summed E-state index contributed by atoms with van der Waals surface area (Å²) in [5, 5.41) is 6.99. The van der Waals surface area contributed by atoms with E-state index in [1.165, 1.54) is 6.26 Å². The lowest BCUT2D eigenvalue weighted by atomic mass is 10.0. The van der Waals surface area contributed by atoms with E-state index in [1.807, 2.05) is 65.0 Å². The Bertz CT molecular complexity index is 2120. The van der Waals surface area contributed by atoms with Crippen molar-refractivity contribution >= 4 is 61.7 Å². The number of nitrogens with two attached hydrogens (primary N) is 1. The maximum absolute atomic E-state index is 13.3. The topological polar surface area (TPSA) is 119 Å². The number of thiophene rings is 1. The van der Waals surface area contributed by atoms with Gasteiger partial charge in [-0.15, -0.1) is 11.3 Å². The third-order valence-corrected chi connectivity index (χ3v) is 9.68. The molecule has 238 valence electrons. The van der Waals surface area contributed by atoms with Crippen LogP contribution in [0.25, 0.3) is 38.2 Å². The number of aromatic nitrogens is 2. The molecule has 2 aromatic carbocycles. The number of hydrogen-bond acceptors (Lipinski definition) is 8. The van der Waals surface area contributed by atoms with E-state index >= 15 is 0 Å². The monoisotopic (exact) mass is 646 g/mol. The smallest absolute Gasteiger partial charge is 0.289 e. The molecular formula is C36H34N6O4S. The van der Waals surface area contributed by atoms with Gasteiger partial charge in [0.15, 0.2) is 5.76 Å². The number of carbonyl (C=O) groups is 2. The number of para-hydroxylation sites is 1. The van der Waals surface area contributed by atoms with Crippen molar-refractivity contribution in [1.82, 2.24) is 19.4 Å². The highest BCUT2D eigenvalue weighted by molar-refractivity contribution is 7.18. The number of nitrogen functional groups attached to an aromatic ring is 1. The van der Waals surface area contributed by atoms with Gasteiger partial charge in [-0.2, -0.15) is 0 Å². The molecule has 6 aromatic rings. The summed E-state index contributed by atoms with van der Waals surface area (Å²) in [6.07, 6.45) is 7.55. The van der Waals surface area contributed by atoms with Crippen molar-refractivity contribution in [2.45, 2.75) is 0 Å². The number of ether oxygens (including phenoxy) is 1. The van der Waals surface area contributed by atoms with Crippen molar-refractivity contribution < 1.29 is 18.7 Å². The molecule has 10 nitrogen and oxygen atoms in total. The van der Waals surface area contributed by atoms with Gasteiger partial charge in [0, 0.05) is 78.1 Å². The molecule has 2 amide bonds. The molecule has 0 atom stereocenters. The first-order chi connectivity index (χ1) is 22.9. The highest BCUT2D eigenvalue weighted by Gasteiger charge is 2.23. The molecular weight excluding hydrogens is 613 g/mol. The standard InChI is InChI=1S/C36H34N6O4S/c1-40-28-9-4-3-7-24(28)19-29(40)35(43)39-27-12-11-23(20-31(27)45-2)26-22-47-33-25(21-38-34(37)32(26)33)8-5-13-41-14-16-42(17-15-41)36(44)30-10-6-18-46-30/h3-12,18-22H,13-17H2,1-2H3,(H2,37,38)(H,39,43). The van der Waals surface area contributed by atoms with Crippen LogP contribution in [0.15, 0.2) is 89.0 Å². The summed E-state index contributed by atoms with van der Waals surface area (Å²) in [7, 11) is 3.47. The number of benzene rings is 2. The summed E-state index contributed by atoms with van der Waals surface area (Å²) in [6.45, 7) is 3.65. The average Bonchev–Trinajstić information content (AvgIpc) is 3.86. The number of furan rings is 1. The molecule has 7 rings (SSSR count). The van der Waals surface area contributed by atoms with Crippen LogP contribution >= 0.6 is 11.3 Å². The quantitative estimate of drug-likeness (QED) is 0.198. The number of anilines is 2. The largest absolute Gasteiger partial charge is 0.495 e. The van der Waals surface area contributed by atoms with Crippen molar-refractivity contribution in [3.8, 4) is 16.9 Å². The number of nitrogens with zero attached hydrogens (tertiary/aromatic N) is 4. The zero-order chi connectivity index (χ0) is 32.5. The predicted octanol–water partition coefficient (Wildman–Crippen LogP) is 6.36. The van der Waals surface area contributed by atoms with Crippen LogP contribution in [-0.2, 0) is 7.05 Å². The van der Waals surface area contributed by atoms with Crippen LogP contribution in [0, 0.1) is 0 Å². The van der Waals surface area contributed by atoms with Crippen LogP contribution < -0.4 is 15.8 Å². The van der Waals surface area contributed by atoms with Crippen molar-refractivity contribution in [3.63, 3.8) is 0 Å². The highest BCUT2D eigenvalue weighted by Crippen LogP contribution is 2.41. The maximum atomic E-state index is 13.3. The first-order valence-corrected chi connectivity index (χ1v) is 16.2. The van der Waals surface area contributed by atoms with Gasteiger partial charge in [0.1, 0.15) is 17.3 Å². The Kier molecular flexibility index (Phi) is 8.23. The van der Waals surface area contributed by atoms with E-state index in [1.54, 1.807) is 36.8 Å². The van der Waals surface area contributed by atoms with Gasteiger partial charge in [-0.1, -0.05) is 36.4 Å². The number of fused-ring (bicyclic) bond motifs is 2. The first-order valence-electron chi connectivity index (χ1n) is 15.3. The highest BCUT2D eigenvalue weighted by atomic mass is 32.1. The number of methoxy groups -OCH3 is 1. The van der Waals surface area contributed by atoms with E-state index in [9.17, 15) is 9.59 Å². The molecule has 1 aliphatic heterocycles. The van der Waals surface area contributed by atoms with Gasteiger partial charge in [0.25, 0.3) is 11.8 Å². The number of rotatable bonds is 8. The van der Waals surface area contributed by atoms with Crippen LogP contribution in [0.4, 0.5) is 11.5 Å². The maximum Gasteiger partial charge on any atom is 0.289 e. The molecule has 1 saturated heterocycles. The zero-order valence-electron chi connectivity index (χ0n) is 26.1. The molecule has 47 heavy (non-hydrogen) atoms. The fourth-order valence-electron chi connectivity index (χ4n) is 6.09. The Morgan fingerprint density at radius 1 is 1.09 bits per heavy atom. The molecule has 1 fully saturated rings. The van der Waals surface area contributed by atoms with E-state index in [-0.39, 0.29) is 11.8 Å². The predicted molar refractivity (Wildman–Crippen MR) is 187 cm³/mol. The summed E-state index contributed by atoms with van der Waals surface area (Å²) < 4.78 is 13.9. The summed E-state index contributed by atoms with van der Waals surface area (Å²) >= 11 is 1.62. The lowest BCUT2D eigenvalue weighted by Gasteiger charge is -2.33. The number of nitrogens with one attached hydrogen (secondary N) is 1. The van der Waals surface area contributed by atoms with Gasteiger partial charge >= 0.3 is 0 Å². The fourth-order valence-corrected chi connectivity index (χ4v) is 7.17. The third kappa shape index (κ3) is 5.86. The molecule has 0 saturated carbocycles. The second kappa shape index (κ2) is 12.8. The van der Waals surface area contributed by atoms with Crippen molar-refractivity contribution in [2.24, 2.45) is 7.05 Å². The number of amides is 2. The Balaban J connectivity index is 1.06. The van der Waals surface area contributed by atoms with Crippen LogP contribution in [0.1, 0.15) is 26.6 Å². The minimum Gasteiger partial charge on any atom is -0.495 e. The van der Waals surface area contributed by atoms with E-state index in [0.29, 0.717) is 41.8 Å². The minimum absolute atomic E-state index is 0.0630. The molecule has 5 heterocycles. The summed E-state index contributed by atoms with van der Waals surface area (Å²) in [5.74, 6) is 1.10. The average molecular weight is 647 g/mol. The van der Waals surface area contributed by atoms with Crippen molar-refractivity contribution in [3.05, 3.63) is 102 Å². The van der Waals surface area contributed by atoms with Gasteiger partial charge in [-0.3, -0.25) is 14.5 Å². The molecule has 11 heteroatoms. The molecule has 3 N–H and O–H groups in total. The fraction of sp³-hybridized carbons (Fsp3) is 0.194. The number of aryl methyl sites for hydroxylation is 1. The Morgan fingerprint density at radius 2 is 1.91 bits per heavy atom. The van der Waals surface area contributed by atoms with Crippen molar-refractivity contribution in [2.75, 3.05) is 50.9 Å². The Hall–Kier alpha value is -5.39. The molecule has 4 aromatic heterocycles. The number of pyridine rings is 1. The number of hydrogen-bond donors (Lipinski definition) is 2. The van der Waals surface area contributed by atoms with Gasteiger partial charge in [0.05, 0.1) is 19.1 Å². The van der Waals surface area contributed by atoms with Crippen molar-refractivity contribution in [1.29, 1.82) is 0 Å². The van der Waals surface area contributed by atoms with E-state index in [2.05, 4.69) is 32.7 Å². The zero-order valence-corrected chi connectivity index (χ0v) is 26.9. The molecule has 0 unspecified atom stereocenters. The molecule has 0 aliphatic carbocycles. The summed E-state index contributed by atoms with van der Waals surface area (Å²) in [6, 6.07) is 18.9. The second-order valence-electron chi connectivity index (χ2n) is 11.4. The van der Waals surface area contributed by atoms with Crippen LogP contribution in [-0.4, -0.2) is 71.0 Å². The Morgan fingerprint density at radius 3 is 2.68 bits per heavy atom. The van der Waals surface area contributed by atoms with E-state index in [0.717, 1.165) is 57.3 Å². The minimum atomic E-state index is -0.218. The molecule has 0 bridgehead atoms. The third-order valence-electron chi connectivity index (χ3n) is 8.65. The molecule has 1 aliphatic rings. The summed E-state index contributed by atoms with van der Waals surface area (Å²) in [5.41, 5.74) is 11.4. The SMILES string of the molecule is COc1cc(-c2csc3c(C=CCN4CCN(C(=O)c5ccco5)CC4)cnc(N)c23)ccc1NC(=O)c1cc2ccccc2n1C. The van der Waals surface area contributed by atoms with Crippen LogP contribution in [0.3, 0.4) is 0 Å².